The van der Waals surface area contributed by atoms with Crippen molar-refractivity contribution >= 4 is 18.0 Å². The van der Waals surface area contributed by atoms with Gasteiger partial charge >= 0.3 is 0 Å². The average Bonchev–Trinajstić information content (AvgIpc) is 2.72. The van der Waals surface area contributed by atoms with Gasteiger partial charge in [0, 0.05) is 0 Å². The van der Waals surface area contributed by atoms with Gasteiger partial charge in [0.05, 0.1) is 0 Å². The summed E-state index contributed by atoms with van der Waals surface area (Å²) in [5.41, 5.74) is 9.12. The molecule has 1 N–H and O–H groups in total. The van der Waals surface area contributed by atoms with Gasteiger partial charge in [0.25, 0.3) is 0 Å². The lowest BCUT2D eigenvalue weighted by Gasteiger charge is -2.22. The highest BCUT2D eigenvalue weighted by Gasteiger charge is 2.21. The lowest BCUT2D eigenvalue weighted by atomic mass is 9.86. The lowest BCUT2D eigenvalue weighted by molar-refractivity contribution is 0.611. The van der Waals surface area contributed by atoms with Crippen LogP contribution in [0, 0.1) is 0 Å². The largest absolute Gasteiger partial charge is 0.316 e. The zero-order valence-electron chi connectivity index (χ0n) is 12.8. The van der Waals surface area contributed by atoms with Gasteiger partial charge < -0.3 is 5.32 Å². The van der Waals surface area contributed by atoms with Crippen LogP contribution in [-0.4, -0.2) is 13.1 Å². The molecule has 0 aromatic heterocycles. The Labute approximate surface area is 138 Å². The molecule has 0 spiro atoms. The van der Waals surface area contributed by atoms with Crippen LogP contribution in [0.25, 0.3) is 5.57 Å². The fourth-order valence-electron chi connectivity index (χ4n) is 3.74. The molecule has 4 rings (SSSR count). The van der Waals surface area contributed by atoms with Gasteiger partial charge in [-0.15, -0.1) is 12.4 Å². The Bertz CT molecular complexity index is 645. The molecule has 22 heavy (non-hydrogen) atoms. The number of aryl methyl sites for hydroxylation is 2. The van der Waals surface area contributed by atoms with Crippen LogP contribution in [0.4, 0.5) is 0 Å². The summed E-state index contributed by atoms with van der Waals surface area (Å²) in [5.74, 6) is 0. The topological polar surface area (TPSA) is 12.0 Å². The summed E-state index contributed by atoms with van der Waals surface area (Å²) < 4.78 is 0. The van der Waals surface area contributed by atoms with Crippen molar-refractivity contribution in [2.45, 2.75) is 25.7 Å². The number of nitrogens with one attached hydrogen (secondary N) is 1. The molecule has 1 fully saturated rings. The first-order chi connectivity index (χ1) is 10.4. The number of rotatable bonds is 0. The predicted octanol–water partition coefficient (Wildman–Crippen LogP) is 4.39. The summed E-state index contributed by atoms with van der Waals surface area (Å²) in [4.78, 5) is 0. The van der Waals surface area contributed by atoms with E-state index in [4.69, 9.17) is 0 Å². The Morgan fingerprint density at radius 1 is 0.636 bits per heavy atom. The Balaban J connectivity index is 0.00000144. The summed E-state index contributed by atoms with van der Waals surface area (Å²) >= 11 is 0. The summed E-state index contributed by atoms with van der Waals surface area (Å²) in [6.45, 7) is 2.23. The first kappa shape index (κ1) is 15.3. The molecular weight excluding hydrogens is 290 g/mol. The van der Waals surface area contributed by atoms with E-state index in [0.29, 0.717) is 0 Å². The van der Waals surface area contributed by atoms with E-state index < -0.39 is 0 Å². The van der Waals surface area contributed by atoms with Crippen molar-refractivity contribution in [3.8, 4) is 0 Å². The van der Waals surface area contributed by atoms with E-state index in [-0.39, 0.29) is 12.4 Å². The van der Waals surface area contributed by atoms with Crippen molar-refractivity contribution in [1.29, 1.82) is 0 Å². The van der Waals surface area contributed by atoms with Crippen molar-refractivity contribution in [3.63, 3.8) is 0 Å². The molecule has 114 valence electrons. The van der Waals surface area contributed by atoms with Crippen molar-refractivity contribution in [1.82, 2.24) is 5.32 Å². The van der Waals surface area contributed by atoms with Crippen LogP contribution in [0.2, 0.25) is 0 Å². The second kappa shape index (κ2) is 6.68. The smallest absolute Gasteiger partial charge is 0.00111 e. The van der Waals surface area contributed by atoms with Gasteiger partial charge in [-0.2, -0.15) is 0 Å². The van der Waals surface area contributed by atoms with E-state index in [2.05, 4.69) is 53.8 Å². The number of fused-ring (bicyclic) bond motifs is 2. The highest BCUT2D eigenvalue weighted by atomic mass is 35.5. The van der Waals surface area contributed by atoms with Crippen LogP contribution < -0.4 is 5.32 Å². The molecule has 0 bridgehead atoms. The Morgan fingerprint density at radius 3 is 1.68 bits per heavy atom. The minimum Gasteiger partial charge on any atom is -0.316 e. The molecule has 1 saturated heterocycles. The van der Waals surface area contributed by atoms with Crippen LogP contribution >= 0.6 is 12.4 Å². The highest BCUT2D eigenvalue weighted by Crippen LogP contribution is 2.37. The Hall–Kier alpha value is -1.57. The van der Waals surface area contributed by atoms with E-state index in [9.17, 15) is 0 Å². The maximum absolute atomic E-state index is 3.48. The minimum absolute atomic E-state index is 0. The van der Waals surface area contributed by atoms with E-state index in [1.807, 2.05) is 0 Å². The summed E-state index contributed by atoms with van der Waals surface area (Å²) in [6, 6.07) is 18.0. The summed E-state index contributed by atoms with van der Waals surface area (Å²) in [5, 5.41) is 3.48. The molecule has 0 amide bonds. The third kappa shape index (κ3) is 2.71. The highest BCUT2D eigenvalue weighted by molar-refractivity contribution is 5.86. The van der Waals surface area contributed by atoms with Crippen molar-refractivity contribution in [2.24, 2.45) is 0 Å². The second-order valence-electron chi connectivity index (χ2n) is 6.04. The maximum Gasteiger partial charge on any atom is -0.00111 e. The molecule has 2 aliphatic rings. The predicted molar refractivity (Wildman–Crippen MR) is 95.7 cm³/mol. The van der Waals surface area contributed by atoms with Gasteiger partial charge in [-0.25, -0.2) is 0 Å². The van der Waals surface area contributed by atoms with Gasteiger partial charge in [0.15, 0.2) is 0 Å². The number of benzene rings is 2. The molecule has 1 aliphatic heterocycles. The monoisotopic (exact) mass is 311 g/mol. The number of hydrogen-bond acceptors (Lipinski definition) is 1. The van der Waals surface area contributed by atoms with Gasteiger partial charge in [-0.05, 0) is 66.6 Å². The van der Waals surface area contributed by atoms with Crippen molar-refractivity contribution in [2.75, 3.05) is 13.1 Å². The second-order valence-corrected chi connectivity index (χ2v) is 6.04. The fourth-order valence-corrected chi connectivity index (χ4v) is 3.74. The van der Waals surface area contributed by atoms with Crippen LogP contribution in [0.3, 0.4) is 0 Å². The molecule has 1 aliphatic carbocycles. The molecule has 2 aromatic rings. The van der Waals surface area contributed by atoms with Crippen LogP contribution in [-0.2, 0) is 12.8 Å². The van der Waals surface area contributed by atoms with Gasteiger partial charge in [0.1, 0.15) is 0 Å². The van der Waals surface area contributed by atoms with E-state index in [0.717, 1.165) is 25.9 Å². The number of halogens is 1. The fraction of sp³-hybridized carbons (Fsp3) is 0.300. The third-order valence-corrected chi connectivity index (χ3v) is 4.80. The van der Waals surface area contributed by atoms with Gasteiger partial charge in [-0.1, -0.05) is 54.1 Å². The lowest BCUT2D eigenvalue weighted by Crippen LogP contribution is -2.24. The maximum atomic E-state index is 3.48. The quantitative estimate of drug-likeness (QED) is 0.761. The van der Waals surface area contributed by atoms with E-state index in [1.165, 1.54) is 40.7 Å². The van der Waals surface area contributed by atoms with Gasteiger partial charge in [-0.3, -0.25) is 0 Å². The molecule has 0 radical (unpaired) electrons. The normalized spacial score (nSPS) is 17.1. The van der Waals surface area contributed by atoms with E-state index in [1.54, 1.807) is 5.57 Å². The molecule has 0 saturated carbocycles. The molecule has 0 unspecified atom stereocenters. The molecule has 2 heteroatoms. The van der Waals surface area contributed by atoms with Crippen molar-refractivity contribution in [3.05, 3.63) is 76.4 Å². The average molecular weight is 312 g/mol. The summed E-state index contributed by atoms with van der Waals surface area (Å²) in [6.07, 6.45) is 4.67. The van der Waals surface area contributed by atoms with Gasteiger partial charge in [0.2, 0.25) is 0 Å². The molecule has 1 nitrogen and oxygen atoms in total. The molecule has 2 aromatic carbocycles. The minimum atomic E-state index is 0. The number of piperidine rings is 1. The zero-order valence-corrected chi connectivity index (χ0v) is 13.6. The van der Waals surface area contributed by atoms with Crippen molar-refractivity contribution < 1.29 is 0 Å². The van der Waals surface area contributed by atoms with Crippen LogP contribution in [0.1, 0.15) is 35.1 Å². The SMILES string of the molecule is Cl.c1ccc2c(c1)CCc1ccccc1C2=C1CCNCC1. The van der Waals surface area contributed by atoms with Crippen LogP contribution in [0.5, 0.6) is 0 Å². The summed E-state index contributed by atoms with van der Waals surface area (Å²) in [7, 11) is 0. The standard InChI is InChI=1S/C20H21N.ClH/c1-3-7-18-15(5-1)9-10-16-6-2-4-8-19(16)20(18)17-11-13-21-14-12-17;/h1-8,21H,9-14H2;1H. The molecule has 1 heterocycles. The van der Waals surface area contributed by atoms with E-state index >= 15 is 0 Å². The molecule has 0 atom stereocenters. The Kier molecular flexibility index (Phi) is 4.66. The Morgan fingerprint density at radius 2 is 1.14 bits per heavy atom. The first-order valence-electron chi connectivity index (χ1n) is 8.03. The first-order valence-corrected chi connectivity index (χ1v) is 8.03. The number of hydrogen-bond donors (Lipinski definition) is 1. The third-order valence-electron chi connectivity index (χ3n) is 4.80. The van der Waals surface area contributed by atoms with Crippen LogP contribution in [0.15, 0.2) is 54.1 Å². The zero-order chi connectivity index (χ0) is 14.1. The molecular formula is C20H22ClN.